The van der Waals surface area contributed by atoms with Crippen molar-refractivity contribution in [2.75, 3.05) is 19.7 Å². The summed E-state index contributed by atoms with van der Waals surface area (Å²) in [7, 11) is 0. The lowest BCUT2D eigenvalue weighted by molar-refractivity contribution is -0.124. The Bertz CT molecular complexity index is 445. The Labute approximate surface area is 112 Å². The van der Waals surface area contributed by atoms with E-state index in [1.165, 1.54) is 6.07 Å². The molecule has 104 valence electrons. The molecule has 0 spiro atoms. The molecular weight excluding hydrogens is 247 g/mol. The summed E-state index contributed by atoms with van der Waals surface area (Å²) in [5, 5.41) is 5.98. The average Bonchev–Trinajstić information content (AvgIpc) is 2.93. The Hall–Kier alpha value is -1.62. The zero-order valence-electron chi connectivity index (χ0n) is 11.0. The number of rotatable bonds is 5. The maximum absolute atomic E-state index is 13.6. The SMILES string of the molecule is CCOc1ccc(CNC(=O)C2CCNC2)cc1F. The zero-order chi connectivity index (χ0) is 13.7. The number of carbonyl (C=O) groups is 1. The molecule has 1 aliphatic rings. The summed E-state index contributed by atoms with van der Waals surface area (Å²) in [6.45, 7) is 4.20. The van der Waals surface area contributed by atoms with Crippen LogP contribution in [0.2, 0.25) is 0 Å². The lowest BCUT2D eigenvalue weighted by Gasteiger charge is -2.11. The van der Waals surface area contributed by atoms with Gasteiger partial charge in [0.15, 0.2) is 11.6 Å². The van der Waals surface area contributed by atoms with Crippen LogP contribution in [0.4, 0.5) is 4.39 Å². The molecule has 4 nitrogen and oxygen atoms in total. The van der Waals surface area contributed by atoms with Crippen LogP contribution in [-0.4, -0.2) is 25.6 Å². The second kappa shape index (κ2) is 6.52. The Morgan fingerprint density at radius 3 is 3.05 bits per heavy atom. The smallest absolute Gasteiger partial charge is 0.224 e. The fraction of sp³-hybridized carbons (Fsp3) is 0.500. The molecule has 0 radical (unpaired) electrons. The summed E-state index contributed by atoms with van der Waals surface area (Å²) in [6.07, 6.45) is 0.865. The van der Waals surface area contributed by atoms with Gasteiger partial charge in [-0.1, -0.05) is 6.07 Å². The minimum Gasteiger partial charge on any atom is -0.491 e. The number of hydrogen-bond acceptors (Lipinski definition) is 3. The van der Waals surface area contributed by atoms with Crippen LogP contribution in [0.15, 0.2) is 18.2 Å². The number of halogens is 1. The minimum absolute atomic E-state index is 0.0271. The molecule has 1 aliphatic heterocycles. The molecule has 0 saturated carbocycles. The first-order valence-corrected chi connectivity index (χ1v) is 6.60. The molecule has 1 heterocycles. The lowest BCUT2D eigenvalue weighted by atomic mass is 10.1. The van der Waals surface area contributed by atoms with E-state index in [1.54, 1.807) is 12.1 Å². The van der Waals surface area contributed by atoms with Crippen LogP contribution in [-0.2, 0) is 11.3 Å². The van der Waals surface area contributed by atoms with Gasteiger partial charge < -0.3 is 15.4 Å². The van der Waals surface area contributed by atoms with Gasteiger partial charge in [-0.15, -0.1) is 0 Å². The van der Waals surface area contributed by atoms with Gasteiger partial charge in [-0.25, -0.2) is 4.39 Å². The van der Waals surface area contributed by atoms with E-state index >= 15 is 0 Å². The molecule has 1 saturated heterocycles. The quantitative estimate of drug-likeness (QED) is 0.848. The van der Waals surface area contributed by atoms with Crippen molar-refractivity contribution in [2.24, 2.45) is 5.92 Å². The number of carbonyl (C=O) groups excluding carboxylic acids is 1. The number of nitrogens with one attached hydrogen (secondary N) is 2. The van der Waals surface area contributed by atoms with Crippen molar-refractivity contribution in [1.29, 1.82) is 0 Å². The Balaban J connectivity index is 1.88. The van der Waals surface area contributed by atoms with E-state index in [1.807, 2.05) is 6.92 Å². The first kappa shape index (κ1) is 13.8. The summed E-state index contributed by atoms with van der Waals surface area (Å²) < 4.78 is 18.7. The molecule has 1 fully saturated rings. The van der Waals surface area contributed by atoms with Gasteiger partial charge in [-0.2, -0.15) is 0 Å². The second-order valence-corrected chi connectivity index (χ2v) is 4.61. The molecular formula is C14H19FN2O2. The largest absolute Gasteiger partial charge is 0.491 e. The normalized spacial score (nSPS) is 18.3. The Morgan fingerprint density at radius 1 is 1.58 bits per heavy atom. The predicted molar refractivity (Wildman–Crippen MR) is 70.4 cm³/mol. The van der Waals surface area contributed by atoms with E-state index in [4.69, 9.17) is 4.74 Å². The van der Waals surface area contributed by atoms with Gasteiger partial charge in [-0.05, 0) is 37.6 Å². The maximum atomic E-state index is 13.6. The minimum atomic E-state index is -0.392. The van der Waals surface area contributed by atoms with E-state index in [-0.39, 0.29) is 17.6 Å². The molecule has 2 N–H and O–H groups in total. The van der Waals surface area contributed by atoms with Crippen molar-refractivity contribution in [3.05, 3.63) is 29.6 Å². The predicted octanol–water partition coefficient (Wildman–Crippen LogP) is 1.45. The molecule has 0 aromatic heterocycles. The Morgan fingerprint density at radius 2 is 2.42 bits per heavy atom. The topological polar surface area (TPSA) is 50.4 Å². The van der Waals surface area contributed by atoms with Crippen molar-refractivity contribution in [2.45, 2.75) is 19.9 Å². The first-order valence-electron chi connectivity index (χ1n) is 6.60. The molecule has 0 aliphatic carbocycles. The summed E-state index contributed by atoms with van der Waals surface area (Å²) >= 11 is 0. The van der Waals surface area contributed by atoms with E-state index in [0.29, 0.717) is 13.2 Å². The van der Waals surface area contributed by atoms with Gasteiger partial charge in [0.2, 0.25) is 5.91 Å². The number of benzene rings is 1. The van der Waals surface area contributed by atoms with Crippen LogP contribution in [0.3, 0.4) is 0 Å². The lowest BCUT2D eigenvalue weighted by Crippen LogP contribution is -2.31. The first-order chi connectivity index (χ1) is 9.20. The van der Waals surface area contributed by atoms with Gasteiger partial charge in [-0.3, -0.25) is 4.79 Å². The third kappa shape index (κ3) is 3.67. The van der Waals surface area contributed by atoms with Crippen LogP contribution in [0.5, 0.6) is 5.75 Å². The van der Waals surface area contributed by atoms with Crippen LogP contribution in [0.1, 0.15) is 18.9 Å². The highest BCUT2D eigenvalue weighted by molar-refractivity contribution is 5.79. The monoisotopic (exact) mass is 266 g/mol. The number of amides is 1. The van der Waals surface area contributed by atoms with Crippen LogP contribution in [0, 0.1) is 11.7 Å². The van der Waals surface area contributed by atoms with E-state index in [9.17, 15) is 9.18 Å². The second-order valence-electron chi connectivity index (χ2n) is 4.61. The average molecular weight is 266 g/mol. The molecule has 5 heteroatoms. The molecule has 2 rings (SSSR count). The summed E-state index contributed by atoms with van der Waals surface area (Å²) in [5.74, 6) is -0.0828. The summed E-state index contributed by atoms with van der Waals surface area (Å²) in [6, 6.07) is 4.76. The fourth-order valence-corrected chi connectivity index (χ4v) is 2.14. The molecule has 19 heavy (non-hydrogen) atoms. The van der Waals surface area contributed by atoms with E-state index < -0.39 is 5.82 Å². The van der Waals surface area contributed by atoms with Gasteiger partial charge in [0.1, 0.15) is 0 Å². The molecule has 1 unspecified atom stereocenters. The summed E-state index contributed by atoms with van der Waals surface area (Å²) in [4.78, 5) is 11.8. The van der Waals surface area contributed by atoms with E-state index in [2.05, 4.69) is 10.6 Å². The highest BCUT2D eigenvalue weighted by Gasteiger charge is 2.21. The van der Waals surface area contributed by atoms with Gasteiger partial charge in [0.25, 0.3) is 0 Å². The summed E-state index contributed by atoms with van der Waals surface area (Å²) in [5.41, 5.74) is 0.736. The third-order valence-electron chi connectivity index (χ3n) is 3.19. The highest BCUT2D eigenvalue weighted by Crippen LogP contribution is 2.18. The fourth-order valence-electron chi connectivity index (χ4n) is 2.14. The van der Waals surface area contributed by atoms with Crippen LogP contribution >= 0.6 is 0 Å². The van der Waals surface area contributed by atoms with E-state index in [0.717, 1.165) is 25.1 Å². The standard InChI is InChI=1S/C14H19FN2O2/c1-2-19-13-4-3-10(7-12(13)15)8-17-14(18)11-5-6-16-9-11/h3-4,7,11,16H,2,5-6,8-9H2,1H3,(H,17,18). The van der Waals surface area contributed by atoms with Gasteiger partial charge >= 0.3 is 0 Å². The van der Waals surface area contributed by atoms with Crippen LogP contribution < -0.4 is 15.4 Å². The van der Waals surface area contributed by atoms with Crippen molar-refractivity contribution >= 4 is 5.91 Å². The molecule has 1 amide bonds. The maximum Gasteiger partial charge on any atom is 0.224 e. The molecule has 1 aromatic rings. The van der Waals surface area contributed by atoms with Crippen LogP contribution in [0.25, 0.3) is 0 Å². The number of ether oxygens (including phenoxy) is 1. The highest BCUT2D eigenvalue weighted by atomic mass is 19.1. The van der Waals surface area contributed by atoms with Gasteiger partial charge in [0, 0.05) is 13.1 Å². The zero-order valence-corrected chi connectivity index (χ0v) is 11.0. The van der Waals surface area contributed by atoms with Crippen molar-refractivity contribution in [3.8, 4) is 5.75 Å². The van der Waals surface area contributed by atoms with Crippen molar-refractivity contribution < 1.29 is 13.9 Å². The number of hydrogen-bond donors (Lipinski definition) is 2. The molecule has 0 bridgehead atoms. The van der Waals surface area contributed by atoms with Crippen molar-refractivity contribution in [3.63, 3.8) is 0 Å². The molecule has 1 atom stereocenters. The van der Waals surface area contributed by atoms with Gasteiger partial charge in [0.05, 0.1) is 12.5 Å². The molecule has 1 aromatic carbocycles. The third-order valence-corrected chi connectivity index (χ3v) is 3.19. The van der Waals surface area contributed by atoms with Crippen molar-refractivity contribution in [1.82, 2.24) is 10.6 Å². The Kier molecular flexibility index (Phi) is 4.74.